The van der Waals surface area contributed by atoms with Crippen molar-refractivity contribution in [1.29, 1.82) is 0 Å². The van der Waals surface area contributed by atoms with Crippen LogP contribution in [-0.4, -0.2) is 42.3 Å². The van der Waals surface area contributed by atoms with Crippen molar-refractivity contribution >= 4 is 35.0 Å². The van der Waals surface area contributed by atoms with Gasteiger partial charge in [-0.05, 0) is 23.8 Å². The van der Waals surface area contributed by atoms with Crippen LogP contribution >= 0.6 is 11.8 Å². The number of hydrogen-bond donors (Lipinski definition) is 2. The smallest absolute Gasteiger partial charge is 0.405 e. The van der Waals surface area contributed by atoms with Gasteiger partial charge in [0.1, 0.15) is 6.54 Å². The summed E-state index contributed by atoms with van der Waals surface area (Å²) in [5, 5.41) is 15.3. The zero-order chi connectivity index (χ0) is 23.0. The van der Waals surface area contributed by atoms with Crippen LogP contribution in [0.2, 0.25) is 0 Å². The Kier molecular flexibility index (Phi) is 8.25. The molecule has 0 saturated heterocycles. The van der Waals surface area contributed by atoms with Gasteiger partial charge in [-0.2, -0.15) is 13.2 Å². The SMILES string of the molecule is COc1ccc(CSCC(=O)Nc2ccccc2C(=O)NCC(F)(F)F)cc1[N+](=O)[O-]. The van der Waals surface area contributed by atoms with Crippen molar-refractivity contribution in [3.63, 3.8) is 0 Å². The van der Waals surface area contributed by atoms with Gasteiger partial charge in [-0.1, -0.05) is 18.2 Å². The molecular formula is C19H18F3N3O5S. The van der Waals surface area contributed by atoms with Gasteiger partial charge in [-0.25, -0.2) is 0 Å². The number of nitrogens with zero attached hydrogens (tertiary/aromatic N) is 1. The molecule has 8 nitrogen and oxygen atoms in total. The van der Waals surface area contributed by atoms with Gasteiger partial charge in [0.25, 0.3) is 5.91 Å². The zero-order valence-corrected chi connectivity index (χ0v) is 17.0. The average molecular weight is 457 g/mol. The number of carbonyl (C=O) groups excluding carboxylic acids is 2. The van der Waals surface area contributed by atoms with Crippen LogP contribution in [0.5, 0.6) is 5.75 Å². The molecule has 0 saturated carbocycles. The fourth-order valence-corrected chi connectivity index (χ4v) is 3.26. The summed E-state index contributed by atoms with van der Waals surface area (Å²) < 4.78 is 41.8. The van der Waals surface area contributed by atoms with Gasteiger partial charge < -0.3 is 15.4 Å². The molecule has 12 heteroatoms. The molecule has 2 rings (SSSR count). The molecule has 0 aliphatic heterocycles. The number of nitro benzene ring substituents is 1. The lowest BCUT2D eigenvalue weighted by Gasteiger charge is -2.12. The summed E-state index contributed by atoms with van der Waals surface area (Å²) in [5.41, 5.74) is 0.393. The minimum absolute atomic E-state index is 0.0433. The summed E-state index contributed by atoms with van der Waals surface area (Å²) in [6.45, 7) is -1.49. The first-order valence-corrected chi connectivity index (χ1v) is 9.89. The third-order valence-corrected chi connectivity index (χ3v) is 4.84. The molecule has 2 amide bonds. The van der Waals surface area contributed by atoms with Gasteiger partial charge in [0, 0.05) is 11.8 Å². The van der Waals surface area contributed by atoms with Gasteiger partial charge in [0.15, 0.2) is 5.75 Å². The van der Waals surface area contributed by atoms with E-state index in [1.807, 2.05) is 0 Å². The van der Waals surface area contributed by atoms with Crippen LogP contribution < -0.4 is 15.4 Å². The molecule has 0 spiro atoms. The number of thioether (sulfide) groups is 1. The number of nitro groups is 1. The lowest BCUT2D eigenvalue weighted by atomic mass is 10.1. The van der Waals surface area contributed by atoms with Crippen LogP contribution in [0.15, 0.2) is 42.5 Å². The van der Waals surface area contributed by atoms with Crippen molar-refractivity contribution in [3.05, 3.63) is 63.7 Å². The Balaban J connectivity index is 1.94. The lowest BCUT2D eigenvalue weighted by Crippen LogP contribution is -2.34. The minimum atomic E-state index is -4.55. The van der Waals surface area contributed by atoms with Crippen molar-refractivity contribution < 1.29 is 32.4 Å². The third-order valence-electron chi connectivity index (χ3n) is 3.84. The first-order valence-electron chi connectivity index (χ1n) is 8.73. The van der Waals surface area contributed by atoms with E-state index in [1.54, 1.807) is 11.4 Å². The van der Waals surface area contributed by atoms with Gasteiger partial charge in [0.05, 0.1) is 29.0 Å². The largest absolute Gasteiger partial charge is 0.490 e. The number of halogens is 3. The van der Waals surface area contributed by atoms with Crippen molar-refractivity contribution in [1.82, 2.24) is 5.32 Å². The highest BCUT2D eigenvalue weighted by Crippen LogP contribution is 2.29. The van der Waals surface area contributed by atoms with Crippen molar-refractivity contribution in [2.75, 3.05) is 24.7 Å². The molecule has 0 atom stereocenters. The lowest BCUT2D eigenvalue weighted by molar-refractivity contribution is -0.385. The first-order chi connectivity index (χ1) is 14.6. The summed E-state index contributed by atoms with van der Waals surface area (Å²) in [5.74, 6) is -1.07. The summed E-state index contributed by atoms with van der Waals surface area (Å²) >= 11 is 1.17. The number of alkyl halides is 3. The van der Waals surface area contributed by atoms with E-state index in [0.717, 1.165) is 0 Å². The Morgan fingerprint density at radius 3 is 2.55 bits per heavy atom. The molecular weight excluding hydrogens is 439 g/mol. The highest BCUT2D eigenvalue weighted by molar-refractivity contribution is 7.99. The van der Waals surface area contributed by atoms with Gasteiger partial charge in [-0.15, -0.1) is 11.8 Å². The summed E-state index contributed by atoms with van der Waals surface area (Å²) in [6, 6.07) is 10.1. The Bertz CT molecular complexity index is 969. The van der Waals surface area contributed by atoms with Crippen LogP contribution in [-0.2, 0) is 10.5 Å². The fraction of sp³-hybridized carbons (Fsp3) is 0.263. The topological polar surface area (TPSA) is 111 Å². The second-order valence-electron chi connectivity index (χ2n) is 6.15. The van der Waals surface area contributed by atoms with Crippen LogP contribution in [0.1, 0.15) is 15.9 Å². The maximum atomic E-state index is 12.3. The number of nitrogens with one attached hydrogen (secondary N) is 2. The molecule has 0 radical (unpaired) electrons. The first kappa shape index (κ1) is 24.0. The Morgan fingerprint density at radius 1 is 1.19 bits per heavy atom. The average Bonchev–Trinajstić information content (AvgIpc) is 2.71. The van der Waals surface area contributed by atoms with Gasteiger partial charge >= 0.3 is 11.9 Å². The van der Waals surface area contributed by atoms with Crippen molar-refractivity contribution in [3.8, 4) is 5.75 Å². The second kappa shape index (κ2) is 10.7. The fourth-order valence-electron chi connectivity index (χ4n) is 2.48. The van der Waals surface area contributed by atoms with E-state index < -0.39 is 29.5 Å². The minimum Gasteiger partial charge on any atom is -0.490 e. The Hall–Kier alpha value is -3.28. The highest BCUT2D eigenvalue weighted by Gasteiger charge is 2.28. The number of ether oxygens (including phenoxy) is 1. The normalized spacial score (nSPS) is 11.0. The molecule has 0 heterocycles. The quantitative estimate of drug-likeness (QED) is 0.438. The number of carbonyl (C=O) groups is 2. The number of methoxy groups -OCH3 is 1. The molecule has 31 heavy (non-hydrogen) atoms. The van der Waals surface area contributed by atoms with Crippen molar-refractivity contribution in [2.45, 2.75) is 11.9 Å². The van der Waals surface area contributed by atoms with E-state index in [0.29, 0.717) is 11.3 Å². The van der Waals surface area contributed by atoms with E-state index in [9.17, 15) is 32.9 Å². The molecule has 0 fully saturated rings. The second-order valence-corrected chi connectivity index (χ2v) is 7.13. The predicted octanol–water partition coefficient (Wildman–Crippen LogP) is 3.77. The standard InChI is InChI=1S/C19H18F3N3O5S/c1-30-16-7-6-12(8-15(16)25(28)29)9-31-10-17(26)24-14-5-3-2-4-13(14)18(27)23-11-19(20,21)22/h2-8H,9-11H2,1H3,(H,23,27)(H,24,26). The van der Waals surface area contributed by atoms with Crippen LogP contribution in [0.25, 0.3) is 0 Å². The van der Waals surface area contributed by atoms with Crippen LogP contribution in [0, 0.1) is 10.1 Å². The molecule has 2 aromatic rings. The monoisotopic (exact) mass is 457 g/mol. The Labute approximate surface area is 179 Å². The number of para-hydroxylation sites is 1. The number of benzene rings is 2. The molecule has 2 aromatic carbocycles. The zero-order valence-electron chi connectivity index (χ0n) is 16.2. The molecule has 2 N–H and O–H groups in total. The maximum absolute atomic E-state index is 12.3. The van der Waals surface area contributed by atoms with E-state index in [-0.39, 0.29) is 28.4 Å². The van der Waals surface area contributed by atoms with Crippen LogP contribution in [0.4, 0.5) is 24.5 Å². The number of anilines is 1. The Morgan fingerprint density at radius 2 is 1.90 bits per heavy atom. The predicted molar refractivity (Wildman–Crippen MR) is 109 cm³/mol. The van der Waals surface area contributed by atoms with E-state index in [2.05, 4.69) is 5.32 Å². The number of hydrogen-bond acceptors (Lipinski definition) is 6. The molecule has 166 valence electrons. The molecule has 0 aliphatic rings. The van der Waals surface area contributed by atoms with Gasteiger partial charge in [-0.3, -0.25) is 19.7 Å². The summed E-state index contributed by atoms with van der Waals surface area (Å²) in [4.78, 5) is 34.7. The third kappa shape index (κ3) is 7.48. The highest BCUT2D eigenvalue weighted by atomic mass is 32.2. The molecule has 0 aromatic heterocycles. The van der Waals surface area contributed by atoms with Crippen LogP contribution in [0.3, 0.4) is 0 Å². The summed E-state index contributed by atoms with van der Waals surface area (Å²) in [7, 11) is 1.32. The molecule has 0 aliphatic carbocycles. The molecule has 0 unspecified atom stereocenters. The van der Waals surface area contributed by atoms with E-state index in [4.69, 9.17) is 4.74 Å². The number of rotatable bonds is 9. The van der Waals surface area contributed by atoms with Crippen molar-refractivity contribution in [2.24, 2.45) is 0 Å². The van der Waals surface area contributed by atoms with E-state index >= 15 is 0 Å². The maximum Gasteiger partial charge on any atom is 0.405 e. The van der Waals surface area contributed by atoms with Gasteiger partial charge in [0.2, 0.25) is 5.91 Å². The van der Waals surface area contributed by atoms with E-state index in [1.165, 1.54) is 55.3 Å². The number of amides is 2. The summed E-state index contributed by atoms with van der Waals surface area (Å²) in [6.07, 6.45) is -4.55. The molecule has 0 bridgehead atoms.